The second-order valence-corrected chi connectivity index (χ2v) is 4.15. The predicted molar refractivity (Wildman–Crippen MR) is 60.0 cm³/mol. The normalized spacial score (nSPS) is 15.3. The van der Waals surface area contributed by atoms with Crippen molar-refractivity contribution in [3.63, 3.8) is 0 Å². The van der Waals surface area contributed by atoms with Crippen molar-refractivity contribution >= 4 is 0 Å². The Balaban J connectivity index is 1.88. The highest BCUT2D eigenvalue weighted by molar-refractivity contribution is 5.16. The van der Waals surface area contributed by atoms with Crippen molar-refractivity contribution in [2.45, 2.75) is 45.6 Å². The van der Waals surface area contributed by atoms with Crippen LogP contribution >= 0.6 is 0 Å². The fourth-order valence-electron chi connectivity index (χ4n) is 2.13. The van der Waals surface area contributed by atoms with E-state index in [9.17, 15) is 0 Å². The van der Waals surface area contributed by atoms with Crippen LogP contribution in [0.15, 0.2) is 6.33 Å². The second kappa shape index (κ2) is 5.31. The maximum atomic E-state index is 5.50. The topological polar surface area (TPSA) is 27.1 Å². The maximum absolute atomic E-state index is 5.50. The number of hydrogen-bond acceptors (Lipinski definition) is 2. The Labute approximate surface area is 91.5 Å². The van der Waals surface area contributed by atoms with E-state index in [2.05, 4.69) is 16.5 Å². The van der Waals surface area contributed by atoms with Crippen LogP contribution < -0.4 is 0 Å². The van der Waals surface area contributed by atoms with Crippen LogP contribution in [-0.4, -0.2) is 22.8 Å². The van der Waals surface area contributed by atoms with Crippen molar-refractivity contribution in [3.05, 3.63) is 17.7 Å². The summed E-state index contributed by atoms with van der Waals surface area (Å²) in [5, 5.41) is 0. The van der Waals surface area contributed by atoms with Crippen molar-refractivity contribution < 1.29 is 4.74 Å². The lowest BCUT2D eigenvalue weighted by Gasteiger charge is -2.13. The van der Waals surface area contributed by atoms with Gasteiger partial charge in [0.25, 0.3) is 0 Å². The molecule has 84 valence electrons. The Morgan fingerprint density at radius 2 is 2.20 bits per heavy atom. The van der Waals surface area contributed by atoms with E-state index in [4.69, 9.17) is 4.74 Å². The van der Waals surface area contributed by atoms with E-state index in [0.717, 1.165) is 32.6 Å². The van der Waals surface area contributed by atoms with Crippen molar-refractivity contribution in [2.75, 3.05) is 13.2 Å². The van der Waals surface area contributed by atoms with Gasteiger partial charge in [-0.1, -0.05) is 6.92 Å². The van der Waals surface area contributed by atoms with Gasteiger partial charge in [0.15, 0.2) is 0 Å². The average Bonchev–Trinajstić information content (AvgIpc) is 2.68. The number of rotatable bonds is 5. The van der Waals surface area contributed by atoms with Crippen LogP contribution in [0.25, 0.3) is 0 Å². The lowest BCUT2D eigenvalue weighted by Crippen LogP contribution is -2.11. The molecule has 1 aliphatic carbocycles. The first-order chi connectivity index (χ1) is 7.42. The van der Waals surface area contributed by atoms with Crippen LogP contribution in [0.2, 0.25) is 0 Å². The Morgan fingerprint density at radius 1 is 1.33 bits per heavy atom. The second-order valence-electron chi connectivity index (χ2n) is 4.15. The summed E-state index contributed by atoms with van der Waals surface area (Å²) in [7, 11) is 0. The van der Waals surface area contributed by atoms with Gasteiger partial charge >= 0.3 is 0 Å². The summed E-state index contributed by atoms with van der Waals surface area (Å²) in [5.74, 6) is 0. The molecule has 0 bridgehead atoms. The van der Waals surface area contributed by atoms with Crippen molar-refractivity contribution in [2.24, 2.45) is 0 Å². The zero-order chi connectivity index (χ0) is 10.5. The molecule has 15 heavy (non-hydrogen) atoms. The third-order valence-corrected chi connectivity index (χ3v) is 2.93. The molecular formula is C12H20N2O. The Kier molecular flexibility index (Phi) is 3.78. The first kappa shape index (κ1) is 10.7. The highest BCUT2D eigenvalue weighted by Gasteiger charge is 2.14. The zero-order valence-corrected chi connectivity index (χ0v) is 9.54. The molecule has 0 fully saturated rings. The van der Waals surface area contributed by atoms with Gasteiger partial charge in [0.2, 0.25) is 0 Å². The minimum absolute atomic E-state index is 0.816. The number of aryl methyl sites for hydroxylation is 1. The van der Waals surface area contributed by atoms with E-state index in [1.54, 1.807) is 0 Å². The van der Waals surface area contributed by atoms with Crippen LogP contribution in [-0.2, 0) is 24.1 Å². The van der Waals surface area contributed by atoms with Gasteiger partial charge in [0.1, 0.15) is 0 Å². The first-order valence-electron chi connectivity index (χ1n) is 6.02. The van der Waals surface area contributed by atoms with Crippen molar-refractivity contribution in [3.8, 4) is 0 Å². The molecule has 0 unspecified atom stereocenters. The van der Waals surface area contributed by atoms with E-state index in [1.165, 1.54) is 30.7 Å². The Bertz CT molecular complexity index is 307. The molecule has 1 aliphatic rings. The molecule has 0 aliphatic heterocycles. The van der Waals surface area contributed by atoms with E-state index < -0.39 is 0 Å². The standard InChI is InChI=1S/C12H20N2O/c1-2-8-15-9-7-14-10-13-11-5-3-4-6-12(11)14/h10H,2-9H2,1H3. The van der Waals surface area contributed by atoms with Gasteiger partial charge in [-0.15, -0.1) is 0 Å². The van der Waals surface area contributed by atoms with Gasteiger partial charge in [-0.25, -0.2) is 4.98 Å². The van der Waals surface area contributed by atoms with Gasteiger partial charge in [-0.2, -0.15) is 0 Å². The summed E-state index contributed by atoms with van der Waals surface area (Å²) in [6.07, 6.45) is 8.06. The molecule has 2 rings (SSSR count). The molecule has 0 N–H and O–H groups in total. The highest BCUT2D eigenvalue weighted by atomic mass is 16.5. The zero-order valence-electron chi connectivity index (χ0n) is 9.54. The minimum Gasteiger partial charge on any atom is -0.380 e. The molecule has 0 spiro atoms. The Morgan fingerprint density at radius 3 is 3.07 bits per heavy atom. The first-order valence-corrected chi connectivity index (χ1v) is 6.02. The molecule has 0 saturated heterocycles. The summed E-state index contributed by atoms with van der Waals surface area (Å²) in [5.41, 5.74) is 2.76. The van der Waals surface area contributed by atoms with Gasteiger partial charge in [-0.05, 0) is 32.1 Å². The van der Waals surface area contributed by atoms with E-state index in [0.29, 0.717) is 0 Å². The van der Waals surface area contributed by atoms with Crippen LogP contribution in [0.3, 0.4) is 0 Å². The molecule has 0 amide bonds. The molecular weight excluding hydrogens is 188 g/mol. The monoisotopic (exact) mass is 208 g/mol. The number of nitrogens with zero attached hydrogens (tertiary/aromatic N) is 2. The third kappa shape index (κ3) is 2.59. The van der Waals surface area contributed by atoms with Crippen molar-refractivity contribution in [1.82, 2.24) is 9.55 Å². The summed E-state index contributed by atoms with van der Waals surface area (Å²) < 4.78 is 7.77. The lowest BCUT2D eigenvalue weighted by molar-refractivity contribution is 0.126. The molecule has 1 aromatic rings. The molecule has 1 heterocycles. The largest absolute Gasteiger partial charge is 0.380 e. The molecule has 1 aromatic heterocycles. The number of hydrogen-bond donors (Lipinski definition) is 0. The Hall–Kier alpha value is -0.830. The van der Waals surface area contributed by atoms with Gasteiger partial charge in [0, 0.05) is 18.8 Å². The van der Waals surface area contributed by atoms with Gasteiger partial charge < -0.3 is 9.30 Å². The number of ether oxygens (including phenoxy) is 1. The highest BCUT2D eigenvalue weighted by Crippen LogP contribution is 2.19. The lowest BCUT2D eigenvalue weighted by atomic mass is 10.0. The summed E-state index contributed by atoms with van der Waals surface area (Å²) in [6.45, 7) is 4.79. The molecule has 0 atom stereocenters. The third-order valence-electron chi connectivity index (χ3n) is 2.93. The minimum atomic E-state index is 0.816. The SMILES string of the molecule is CCCOCCn1cnc2c1CCCC2. The van der Waals surface area contributed by atoms with E-state index in [1.807, 2.05) is 6.33 Å². The van der Waals surface area contributed by atoms with Crippen LogP contribution in [0, 0.1) is 0 Å². The van der Waals surface area contributed by atoms with Crippen LogP contribution in [0.1, 0.15) is 37.6 Å². The smallest absolute Gasteiger partial charge is 0.0952 e. The molecule has 3 nitrogen and oxygen atoms in total. The molecule has 0 radical (unpaired) electrons. The molecule has 0 aromatic carbocycles. The quantitative estimate of drug-likeness (QED) is 0.693. The fourth-order valence-corrected chi connectivity index (χ4v) is 2.13. The van der Waals surface area contributed by atoms with Crippen LogP contribution in [0.4, 0.5) is 0 Å². The molecule has 3 heteroatoms. The van der Waals surface area contributed by atoms with E-state index in [-0.39, 0.29) is 0 Å². The van der Waals surface area contributed by atoms with Gasteiger partial charge in [-0.3, -0.25) is 0 Å². The number of aromatic nitrogens is 2. The number of fused-ring (bicyclic) bond motifs is 1. The predicted octanol–water partition coefficient (Wildman–Crippen LogP) is 2.19. The van der Waals surface area contributed by atoms with Crippen LogP contribution in [0.5, 0.6) is 0 Å². The van der Waals surface area contributed by atoms with Gasteiger partial charge in [0.05, 0.1) is 18.6 Å². The van der Waals surface area contributed by atoms with Crippen molar-refractivity contribution in [1.29, 1.82) is 0 Å². The molecule has 0 saturated carbocycles. The average molecular weight is 208 g/mol. The fraction of sp³-hybridized carbons (Fsp3) is 0.750. The summed E-state index contributed by atoms with van der Waals surface area (Å²) in [6, 6.07) is 0. The summed E-state index contributed by atoms with van der Waals surface area (Å²) >= 11 is 0. The summed E-state index contributed by atoms with van der Waals surface area (Å²) in [4.78, 5) is 4.46. The van der Waals surface area contributed by atoms with E-state index >= 15 is 0 Å². The number of imidazole rings is 1. The maximum Gasteiger partial charge on any atom is 0.0952 e.